The lowest BCUT2D eigenvalue weighted by Gasteiger charge is -2.08. The molecule has 0 saturated heterocycles. The second-order valence-electron chi connectivity index (χ2n) is 10.3. The van der Waals surface area contributed by atoms with Crippen LogP contribution in [0.2, 0.25) is 10.0 Å². The number of ether oxygens (including phenoxy) is 1. The van der Waals surface area contributed by atoms with E-state index in [0.29, 0.717) is 16.6 Å². The van der Waals surface area contributed by atoms with Crippen molar-refractivity contribution in [3.63, 3.8) is 0 Å². The van der Waals surface area contributed by atoms with Gasteiger partial charge in [-0.25, -0.2) is 9.78 Å². The quantitative estimate of drug-likeness (QED) is 0.172. The zero-order chi connectivity index (χ0) is 30.2. The first-order chi connectivity index (χ1) is 20.9. The molecule has 0 aliphatic heterocycles. The van der Waals surface area contributed by atoms with E-state index in [4.69, 9.17) is 32.9 Å². The smallest absolute Gasteiger partial charge is 0.335 e. The summed E-state index contributed by atoms with van der Waals surface area (Å²) in [5, 5.41) is 10.3. The molecule has 3 aromatic carbocycles. The molecule has 218 valence electrons. The number of rotatable bonds is 11. The largest absolute Gasteiger partial charge is 0.494 e. The van der Waals surface area contributed by atoms with E-state index in [-0.39, 0.29) is 5.56 Å². The van der Waals surface area contributed by atoms with Crippen LogP contribution in [-0.2, 0) is 6.54 Å². The van der Waals surface area contributed by atoms with E-state index >= 15 is 0 Å². The molecule has 0 atom stereocenters. The molecule has 1 heterocycles. The standard InChI is InChI=1S/C36H32Cl2N2O3/c1-2-3-20-43-31-9-5-8-29(21-31)27-7-4-6-25(10-14-27)13-19-35-39-34(32-18-17-30(37)22-33(32)38)24-40(35)23-26-11-15-28(16-12-26)36(41)42/h4-5,7-19,21-22,24H,2-3,6,20,23H2,1H3,(H,41,42)/b19-13+. The molecule has 5 rings (SSSR count). The number of carboxylic acids is 1. The maximum absolute atomic E-state index is 11.3. The topological polar surface area (TPSA) is 64.4 Å². The summed E-state index contributed by atoms with van der Waals surface area (Å²) >= 11 is 12.6. The first kappa shape index (κ1) is 30.1. The second kappa shape index (κ2) is 14.2. The Morgan fingerprint density at radius 3 is 2.65 bits per heavy atom. The van der Waals surface area contributed by atoms with Gasteiger partial charge in [0.15, 0.2) is 0 Å². The average Bonchev–Trinajstić information content (AvgIpc) is 3.23. The van der Waals surface area contributed by atoms with Gasteiger partial charge in [0.1, 0.15) is 11.6 Å². The van der Waals surface area contributed by atoms with Gasteiger partial charge in [-0.3, -0.25) is 0 Å². The Morgan fingerprint density at radius 1 is 1.05 bits per heavy atom. The van der Waals surface area contributed by atoms with Crippen molar-refractivity contribution in [2.24, 2.45) is 0 Å². The molecule has 1 aliphatic rings. The number of benzene rings is 3. The molecule has 7 heteroatoms. The monoisotopic (exact) mass is 610 g/mol. The predicted octanol–water partition coefficient (Wildman–Crippen LogP) is 9.77. The van der Waals surface area contributed by atoms with E-state index < -0.39 is 5.97 Å². The van der Waals surface area contributed by atoms with Crippen LogP contribution in [-0.4, -0.2) is 27.2 Å². The zero-order valence-corrected chi connectivity index (χ0v) is 25.4. The van der Waals surface area contributed by atoms with Crippen LogP contribution in [0.15, 0.2) is 109 Å². The SMILES string of the molecule is CCCCOc1cccc(C2=CC=C(/C=C/c3nc(-c4ccc(Cl)cc4Cl)cn3Cc3ccc(C(=O)O)cc3)CC=C2)c1. The molecule has 0 fully saturated rings. The molecular formula is C36H32Cl2N2O3. The van der Waals surface area contributed by atoms with Crippen molar-refractivity contribution in [3.8, 4) is 17.0 Å². The number of carboxylic acid groups (broad SMARTS) is 1. The number of hydrogen-bond acceptors (Lipinski definition) is 3. The molecule has 1 aromatic heterocycles. The molecule has 5 nitrogen and oxygen atoms in total. The highest BCUT2D eigenvalue weighted by Crippen LogP contribution is 2.31. The minimum Gasteiger partial charge on any atom is -0.494 e. The summed E-state index contributed by atoms with van der Waals surface area (Å²) in [7, 11) is 0. The normalized spacial score (nSPS) is 13.1. The van der Waals surface area contributed by atoms with Crippen molar-refractivity contribution in [1.82, 2.24) is 9.55 Å². The van der Waals surface area contributed by atoms with Crippen molar-refractivity contribution in [2.45, 2.75) is 32.7 Å². The molecule has 1 N–H and O–H groups in total. The number of hydrogen-bond donors (Lipinski definition) is 1. The molecule has 1 aliphatic carbocycles. The van der Waals surface area contributed by atoms with E-state index in [1.54, 1.807) is 24.3 Å². The van der Waals surface area contributed by atoms with Gasteiger partial charge in [-0.05, 0) is 83.7 Å². The Morgan fingerprint density at radius 2 is 1.88 bits per heavy atom. The van der Waals surface area contributed by atoms with Gasteiger partial charge in [0.25, 0.3) is 0 Å². The lowest BCUT2D eigenvalue weighted by Crippen LogP contribution is -2.02. The van der Waals surface area contributed by atoms with Gasteiger partial charge in [-0.15, -0.1) is 0 Å². The summed E-state index contributed by atoms with van der Waals surface area (Å²) in [5.41, 5.74) is 6.08. The summed E-state index contributed by atoms with van der Waals surface area (Å²) in [5.74, 6) is 0.682. The lowest BCUT2D eigenvalue weighted by molar-refractivity contribution is 0.0697. The van der Waals surface area contributed by atoms with Crippen LogP contribution in [0.5, 0.6) is 5.75 Å². The second-order valence-corrected chi connectivity index (χ2v) is 11.1. The Labute approximate surface area is 262 Å². The summed E-state index contributed by atoms with van der Waals surface area (Å²) in [6, 6.07) is 20.4. The fourth-order valence-corrected chi connectivity index (χ4v) is 5.21. The predicted molar refractivity (Wildman–Crippen MR) is 176 cm³/mol. The number of aromatic nitrogens is 2. The first-order valence-electron chi connectivity index (χ1n) is 14.2. The Hall–Kier alpha value is -4.32. The molecular weight excluding hydrogens is 579 g/mol. The number of imidazole rings is 1. The van der Waals surface area contributed by atoms with E-state index in [1.807, 2.05) is 47.2 Å². The molecule has 0 saturated carbocycles. The van der Waals surface area contributed by atoms with Gasteiger partial charge >= 0.3 is 5.97 Å². The van der Waals surface area contributed by atoms with Gasteiger partial charge in [-0.1, -0.05) is 91.2 Å². The molecule has 0 unspecified atom stereocenters. The summed E-state index contributed by atoms with van der Waals surface area (Å²) in [4.78, 5) is 16.2. The van der Waals surface area contributed by atoms with Gasteiger partial charge < -0.3 is 14.4 Å². The van der Waals surface area contributed by atoms with Gasteiger partial charge in [0, 0.05) is 23.3 Å². The average molecular weight is 612 g/mol. The van der Waals surface area contributed by atoms with Crippen molar-refractivity contribution >= 4 is 40.8 Å². The minimum absolute atomic E-state index is 0.250. The minimum atomic E-state index is -0.951. The molecule has 4 aromatic rings. The maximum Gasteiger partial charge on any atom is 0.335 e. The fraction of sp³-hybridized carbons (Fsp3) is 0.167. The van der Waals surface area contributed by atoms with Crippen molar-refractivity contribution in [1.29, 1.82) is 0 Å². The highest BCUT2D eigenvalue weighted by Gasteiger charge is 2.13. The molecule has 0 radical (unpaired) electrons. The Kier molecular flexibility index (Phi) is 9.98. The zero-order valence-electron chi connectivity index (χ0n) is 23.8. The van der Waals surface area contributed by atoms with Crippen molar-refractivity contribution < 1.29 is 14.6 Å². The third-order valence-corrected chi connectivity index (χ3v) is 7.62. The summed E-state index contributed by atoms with van der Waals surface area (Å²) in [6.45, 7) is 3.39. The highest BCUT2D eigenvalue weighted by molar-refractivity contribution is 6.36. The van der Waals surface area contributed by atoms with Gasteiger partial charge in [0.05, 0.1) is 22.9 Å². The number of carbonyl (C=O) groups is 1. The van der Waals surface area contributed by atoms with E-state index in [1.165, 1.54) is 0 Å². The van der Waals surface area contributed by atoms with Crippen molar-refractivity contribution in [2.75, 3.05) is 6.61 Å². The first-order valence-corrected chi connectivity index (χ1v) is 15.0. The molecule has 0 bridgehead atoms. The van der Waals surface area contributed by atoms with E-state index in [0.717, 1.165) is 71.0 Å². The van der Waals surface area contributed by atoms with E-state index in [9.17, 15) is 9.90 Å². The highest BCUT2D eigenvalue weighted by atomic mass is 35.5. The van der Waals surface area contributed by atoms with Crippen LogP contribution in [0.4, 0.5) is 0 Å². The molecule has 43 heavy (non-hydrogen) atoms. The summed E-state index contributed by atoms with van der Waals surface area (Å²) in [6.07, 6.45) is 17.5. The van der Waals surface area contributed by atoms with Crippen LogP contribution in [0.25, 0.3) is 22.9 Å². The number of halogens is 2. The van der Waals surface area contributed by atoms with Crippen LogP contribution in [0, 0.1) is 0 Å². The Bertz CT molecular complexity index is 1730. The molecule has 0 spiro atoms. The van der Waals surface area contributed by atoms with Gasteiger partial charge in [0.2, 0.25) is 0 Å². The third-order valence-electron chi connectivity index (χ3n) is 7.08. The van der Waals surface area contributed by atoms with Crippen molar-refractivity contribution in [3.05, 3.63) is 141 Å². The van der Waals surface area contributed by atoms with Gasteiger partial charge in [-0.2, -0.15) is 0 Å². The number of aromatic carboxylic acids is 1. The third kappa shape index (κ3) is 7.95. The summed E-state index contributed by atoms with van der Waals surface area (Å²) < 4.78 is 7.94. The number of nitrogens with zero attached hydrogens (tertiary/aromatic N) is 2. The maximum atomic E-state index is 11.3. The van der Waals surface area contributed by atoms with Crippen LogP contribution in [0.3, 0.4) is 0 Å². The molecule has 0 amide bonds. The Balaban J connectivity index is 1.41. The van der Waals surface area contributed by atoms with E-state index in [2.05, 4.69) is 49.4 Å². The van der Waals surface area contributed by atoms with Crippen LogP contribution < -0.4 is 4.74 Å². The van der Waals surface area contributed by atoms with Crippen LogP contribution >= 0.6 is 23.2 Å². The number of allylic oxidation sites excluding steroid dienone is 7. The lowest BCUT2D eigenvalue weighted by atomic mass is 10.1. The number of unbranched alkanes of at least 4 members (excludes halogenated alkanes) is 1. The fourth-order valence-electron chi connectivity index (χ4n) is 4.71. The van der Waals surface area contributed by atoms with Crippen LogP contribution in [0.1, 0.15) is 53.5 Å².